The van der Waals surface area contributed by atoms with Crippen LogP contribution in [-0.4, -0.2) is 22.3 Å². The number of rotatable bonds is 7. The Balaban J connectivity index is 2.13. The van der Waals surface area contributed by atoms with E-state index in [1.54, 1.807) is 6.07 Å². The first-order valence-corrected chi connectivity index (χ1v) is 7.84. The number of ether oxygens (including phenoxy) is 1. The second-order valence-corrected chi connectivity index (χ2v) is 6.13. The summed E-state index contributed by atoms with van der Waals surface area (Å²) in [4.78, 5) is 4.36. The Kier molecular flexibility index (Phi) is 5.59. The van der Waals surface area contributed by atoms with Crippen LogP contribution in [0.2, 0.25) is 0 Å². The predicted molar refractivity (Wildman–Crippen MR) is 84.3 cm³/mol. The molecule has 0 bridgehead atoms. The van der Waals surface area contributed by atoms with Crippen molar-refractivity contribution in [3.05, 3.63) is 29.8 Å². The van der Waals surface area contributed by atoms with Crippen LogP contribution in [0, 0.1) is 5.82 Å². The Morgan fingerprint density at radius 1 is 1.29 bits per heavy atom. The number of halogens is 2. The number of hydrogen-bond donors (Lipinski definition) is 0. The Bertz CT molecular complexity index is 595. The van der Waals surface area contributed by atoms with Crippen LogP contribution >= 0.6 is 11.6 Å². The van der Waals surface area contributed by atoms with Crippen molar-refractivity contribution in [3.63, 3.8) is 0 Å². The number of hydrogen-bond acceptors (Lipinski definition) is 2. The summed E-state index contributed by atoms with van der Waals surface area (Å²) >= 11 is 6.18. The lowest BCUT2D eigenvalue weighted by Gasteiger charge is -2.11. The number of aromatic nitrogens is 2. The highest BCUT2D eigenvalue weighted by molar-refractivity contribution is 6.20. The summed E-state index contributed by atoms with van der Waals surface area (Å²) in [5.41, 5.74) is 1.21. The van der Waals surface area contributed by atoms with Crippen molar-refractivity contribution in [2.24, 2.45) is 0 Å². The van der Waals surface area contributed by atoms with E-state index in [9.17, 15) is 4.39 Å². The van der Waals surface area contributed by atoms with Crippen LogP contribution in [0.4, 0.5) is 4.39 Å². The van der Waals surface area contributed by atoms with Gasteiger partial charge < -0.3 is 9.30 Å². The summed E-state index contributed by atoms with van der Waals surface area (Å²) in [6.07, 6.45) is 2.17. The zero-order valence-corrected chi connectivity index (χ0v) is 13.5. The maximum Gasteiger partial charge on any atom is 0.151 e. The molecular weight excluding hydrogens is 291 g/mol. The highest BCUT2D eigenvalue weighted by atomic mass is 35.5. The van der Waals surface area contributed by atoms with E-state index in [-0.39, 0.29) is 17.3 Å². The van der Waals surface area contributed by atoms with Crippen LogP contribution in [0.5, 0.6) is 0 Å². The van der Waals surface area contributed by atoms with Gasteiger partial charge >= 0.3 is 0 Å². The van der Waals surface area contributed by atoms with E-state index >= 15 is 0 Å². The molecule has 21 heavy (non-hydrogen) atoms. The molecule has 0 aliphatic heterocycles. The van der Waals surface area contributed by atoms with Gasteiger partial charge in [-0.15, -0.1) is 11.6 Å². The highest BCUT2D eigenvalue weighted by Gasteiger charge is 2.16. The van der Waals surface area contributed by atoms with E-state index in [1.165, 1.54) is 6.07 Å². The van der Waals surface area contributed by atoms with Crippen molar-refractivity contribution < 1.29 is 9.13 Å². The van der Waals surface area contributed by atoms with Gasteiger partial charge in [0.1, 0.15) is 11.3 Å². The zero-order valence-electron chi connectivity index (χ0n) is 12.8. The molecule has 0 radical (unpaired) electrons. The minimum absolute atomic E-state index is 0.247. The molecule has 0 aliphatic carbocycles. The summed E-state index contributed by atoms with van der Waals surface area (Å²) in [5.74, 6) is 0.425. The van der Waals surface area contributed by atoms with Crippen molar-refractivity contribution >= 4 is 22.6 Å². The van der Waals surface area contributed by atoms with E-state index < -0.39 is 0 Å². The third-order valence-electron chi connectivity index (χ3n) is 3.34. The topological polar surface area (TPSA) is 27.1 Å². The monoisotopic (exact) mass is 312 g/mol. The van der Waals surface area contributed by atoms with Crippen LogP contribution in [0.3, 0.4) is 0 Å². The fourth-order valence-corrected chi connectivity index (χ4v) is 2.53. The molecule has 0 N–H and O–H groups in total. The third kappa shape index (κ3) is 3.95. The number of benzene rings is 1. The number of alkyl halides is 1. The van der Waals surface area contributed by atoms with Crippen LogP contribution in [0.1, 0.15) is 44.8 Å². The van der Waals surface area contributed by atoms with E-state index in [0.29, 0.717) is 5.52 Å². The first kappa shape index (κ1) is 16.2. The number of unbranched alkanes of at least 4 members (excludes halogenated alkanes) is 1. The van der Waals surface area contributed by atoms with Gasteiger partial charge in [0.05, 0.1) is 17.0 Å². The summed E-state index contributed by atoms with van der Waals surface area (Å²) in [6.45, 7) is 7.43. The van der Waals surface area contributed by atoms with Gasteiger partial charge in [0.2, 0.25) is 0 Å². The van der Waals surface area contributed by atoms with Crippen LogP contribution in [0.25, 0.3) is 11.0 Å². The molecule has 2 rings (SSSR count). The first-order valence-electron chi connectivity index (χ1n) is 7.41. The standard InChI is InChI=1S/C16H22ClFN2O/c1-11(2)21-10-5-4-9-20-14-8-6-7-13(18)15(14)19-16(20)12(3)17/h6-8,11-12H,4-5,9-10H2,1-3H3. The van der Waals surface area contributed by atoms with Crippen LogP contribution < -0.4 is 0 Å². The third-order valence-corrected chi connectivity index (χ3v) is 3.54. The van der Waals surface area contributed by atoms with Gasteiger partial charge in [0.25, 0.3) is 0 Å². The van der Waals surface area contributed by atoms with Crippen molar-refractivity contribution in [1.29, 1.82) is 0 Å². The second-order valence-electron chi connectivity index (χ2n) is 5.47. The van der Waals surface area contributed by atoms with Crippen molar-refractivity contribution in [2.45, 2.75) is 51.6 Å². The normalized spacial score (nSPS) is 13.2. The van der Waals surface area contributed by atoms with Gasteiger partial charge in [-0.3, -0.25) is 0 Å². The SMILES string of the molecule is CC(C)OCCCCn1c(C(C)Cl)nc2c(F)cccc21. The van der Waals surface area contributed by atoms with Gasteiger partial charge in [-0.1, -0.05) is 6.07 Å². The number of imidazole rings is 1. The zero-order chi connectivity index (χ0) is 15.4. The summed E-state index contributed by atoms with van der Waals surface area (Å²) in [7, 11) is 0. The molecule has 0 saturated carbocycles. The van der Waals surface area contributed by atoms with E-state index in [4.69, 9.17) is 16.3 Å². The smallest absolute Gasteiger partial charge is 0.151 e. The summed E-state index contributed by atoms with van der Waals surface area (Å²) in [5, 5.41) is -0.247. The minimum Gasteiger partial charge on any atom is -0.379 e. The molecule has 1 unspecified atom stereocenters. The number of aryl methyl sites for hydroxylation is 1. The molecule has 0 amide bonds. The van der Waals surface area contributed by atoms with Crippen molar-refractivity contribution in [1.82, 2.24) is 9.55 Å². The fourth-order valence-electron chi connectivity index (χ4n) is 2.36. The van der Waals surface area contributed by atoms with Gasteiger partial charge in [0.15, 0.2) is 5.82 Å². The predicted octanol–water partition coefficient (Wildman–Crippen LogP) is 4.68. The van der Waals surface area contributed by atoms with Crippen LogP contribution in [0.15, 0.2) is 18.2 Å². The van der Waals surface area contributed by atoms with Crippen molar-refractivity contribution in [2.75, 3.05) is 6.61 Å². The Morgan fingerprint density at radius 3 is 2.71 bits per heavy atom. The number of nitrogens with zero attached hydrogens (tertiary/aromatic N) is 2. The lowest BCUT2D eigenvalue weighted by Crippen LogP contribution is -2.07. The lowest BCUT2D eigenvalue weighted by molar-refractivity contribution is 0.0754. The average Bonchev–Trinajstić information content (AvgIpc) is 2.79. The highest BCUT2D eigenvalue weighted by Crippen LogP contribution is 2.26. The lowest BCUT2D eigenvalue weighted by atomic mass is 10.2. The minimum atomic E-state index is -0.298. The molecule has 1 aromatic heterocycles. The number of para-hydroxylation sites is 1. The van der Waals surface area contributed by atoms with Crippen LogP contribution in [-0.2, 0) is 11.3 Å². The van der Waals surface area contributed by atoms with E-state index in [0.717, 1.165) is 37.3 Å². The second kappa shape index (κ2) is 7.23. The Labute approximate surface area is 130 Å². The molecule has 1 aromatic carbocycles. The van der Waals surface area contributed by atoms with Crippen molar-refractivity contribution in [3.8, 4) is 0 Å². The molecule has 0 aliphatic rings. The molecule has 0 spiro atoms. The molecule has 2 aromatic rings. The Hall–Kier alpha value is -1.13. The van der Waals surface area contributed by atoms with Gasteiger partial charge in [0, 0.05) is 13.2 Å². The van der Waals surface area contributed by atoms with Gasteiger partial charge in [-0.25, -0.2) is 9.37 Å². The van der Waals surface area contributed by atoms with E-state index in [1.807, 2.05) is 31.4 Å². The van der Waals surface area contributed by atoms with E-state index in [2.05, 4.69) is 4.98 Å². The summed E-state index contributed by atoms with van der Waals surface area (Å²) in [6, 6.07) is 5.03. The molecule has 0 fully saturated rings. The molecule has 1 heterocycles. The summed E-state index contributed by atoms with van der Waals surface area (Å²) < 4.78 is 21.4. The van der Waals surface area contributed by atoms with Gasteiger partial charge in [-0.2, -0.15) is 0 Å². The largest absolute Gasteiger partial charge is 0.379 e. The maximum absolute atomic E-state index is 13.8. The molecular formula is C16H22ClFN2O. The molecule has 3 nitrogen and oxygen atoms in total. The Morgan fingerprint density at radius 2 is 2.05 bits per heavy atom. The molecule has 1 atom stereocenters. The molecule has 116 valence electrons. The van der Waals surface area contributed by atoms with Gasteiger partial charge in [-0.05, 0) is 45.7 Å². The quantitative estimate of drug-likeness (QED) is 0.548. The fraction of sp³-hybridized carbons (Fsp3) is 0.562. The average molecular weight is 313 g/mol. The molecule has 0 saturated heterocycles. The first-order chi connectivity index (χ1) is 10.0. The number of fused-ring (bicyclic) bond motifs is 1. The maximum atomic E-state index is 13.8. The molecule has 5 heteroatoms.